The number of hydrogen-bond donors (Lipinski definition) is 1. The first-order chi connectivity index (χ1) is 7.92. The van der Waals surface area contributed by atoms with E-state index in [-0.39, 0.29) is 5.60 Å². The lowest BCUT2D eigenvalue weighted by molar-refractivity contribution is -0.0163. The van der Waals surface area contributed by atoms with Crippen LogP contribution in [0.4, 0.5) is 0 Å². The third-order valence-electron chi connectivity index (χ3n) is 2.42. The Morgan fingerprint density at radius 3 is 2.41 bits per heavy atom. The van der Waals surface area contributed by atoms with Crippen molar-refractivity contribution in [2.45, 2.75) is 39.8 Å². The summed E-state index contributed by atoms with van der Waals surface area (Å²) in [4.78, 5) is 0. The standard InChI is InChI=1S/C14H23NO2/c1-11-9-13(6-5-12(11)10-15)16-7-8-17-14(2,3)4/h5-6,9H,7-8,10,15H2,1-4H3. The van der Waals surface area contributed by atoms with Crippen molar-refractivity contribution in [3.05, 3.63) is 29.3 Å². The first-order valence-electron chi connectivity index (χ1n) is 5.99. The molecule has 96 valence electrons. The highest BCUT2D eigenvalue weighted by Gasteiger charge is 2.09. The molecular weight excluding hydrogens is 214 g/mol. The van der Waals surface area contributed by atoms with Crippen molar-refractivity contribution in [2.75, 3.05) is 13.2 Å². The van der Waals surface area contributed by atoms with Crippen molar-refractivity contribution in [1.29, 1.82) is 0 Å². The van der Waals surface area contributed by atoms with Crippen LogP contribution in [0.5, 0.6) is 5.75 Å². The molecule has 0 aromatic heterocycles. The summed E-state index contributed by atoms with van der Waals surface area (Å²) >= 11 is 0. The van der Waals surface area contributed by atoms with Crippen LogP contribution in [0.15, 0.2) is 18.2 Å². The molecule has 0 aliphatic carbocycles. The number of nitrogens with two attached hydrogens (primary N) is 1. The van der Waals surface area contributed by atoms with Crippen LogP contribution in [0, 0.1) is 6.92 Å². The van der Waals surface area contributed by atoms with Crippen molar-refractivity contribution in [3.8, 4) is 5.75 Å². The van der Waals surface area contributed by atoms with E-state index in [1.54, 1.807) is 0 Å². The summed E-state index contributed by atoms with van der Waals surface area (Å²) < 4.78 is 11.2. The van der Waals surface area contributed by atoms with Crippen LogP contribution in [-0.4, -0.2) is 18.8 Å². The Labute approximate surface area is 104 Å². The Hall–Kier alpha value is -1.06. The molecular formula is C14H23NO2. The molecule has 0 unspecified atom stereocenters. The van der Waals surface area contributed by atoms with Gasteiger partial charge in [0, 0.05) is 6.54 Å². The van der Waals surface area contributed by atoms with Crippen molar-refractivity contribution < 1.29 is 9.47 Å². The molecule has 0 radical (unpaired) electrons. The smallest absolute Gasteiger partial charge is 0.119 e. The fraction of sp³-hybridized carbons (Fsp3) is 0.571. The highest BCUT2D eigenvalue weighted by Crippen LogP contribution is 2.17. The Kier molecular flexibility index (Phi) is 4.97. The molecule has 1 rings (SSSR count). The van der Waals surface area contributed by atoms with E-state index in [0.717, 1.165) is 11.3 Å². The predicted molar refractivity (Wildman–Crippen MR) is 70.3 cm³/mol. The maximum atomic E-state index is 5.62. The SMILES string of the molecule is Cc1cc(OCCOC(C)(C)C)ccc1CN. The van der Waals surface area contributed by atoms with Crippen LogP contribution in [0.2, 0.25) is 0 Å². The summed E-state index contributed by atoms with van der Waals surface area (Å²) in [5.74, 6) is 0.872. The summed E-state index contributed by atoms with van der Waals surface area (Å²) in [5.41, 5.74) is 7.83. The van der Waals surface area contributed by atoms with Gasteiger partial charge in [0.2, 0.25) is 0 Å². The minimum atomic E-state index is -0.108. The topological polar surface area (TPSA) is 44.5 Å². The van der Waals surface area contributed by atoms with Gasteiger partial charge < -0.3 is 15.2 Å². The number of aryl methyl sites for hydroxylation is 1. The highest BCUT2D eigenvalue weighted by molar-refractivity contribution is 5.34. The van der Waals surface area contributed by atoms with Crippen molar-refractivity contribution in [1.82, 2.24) is 0 Å². The second-order valence-electron chi connectivity index (χ2n) is 5.10. The van der Waals surface area contributed by atoms with E-state index in [2.05, 4.69) is 0 Å². The monoisotopic (exact) mass is 237 g/mol. The molecule has 0 saturated carbocycles. The highest BCUT2D eigenvalue weighted by atomic mass is 16.5. The Balaban J connectivity index is 2.40. The van der Waals surface area contributed by atoms with Gasteiger partial charge in [0.15, 0.2) is 0 Å². The van der Waals surface area contributed by atoms with Crippen LogP contribution in [0.3, 0.4) is 0 Å². The molecule has 0 atom stereocenters. The summed E-state index contributed by atoms with van der Waals surface area (Å²) in [5, 5.41) is 0. The molecule has 0 heterocycles. The lowest BCUT2D eigenvalue weighted by Gasteiger charge is -2.19. The molecule has 0 bridgehead atoms. The fourth-order valence-corrected chi connectivity index (χ4v) is 1.49. The van der Waals surface area contributed by atoms with Gasteiger partial charge in [0.25, 0.3) is 0 Å². The van der Waals surface area contributed by atoms with E-state index in [1.165, 1.54) is 5.56 Å². The molecule has 0 aliphatic rings. The second kappa shape index (κ2) is 6.03. The first kappa shape index (κ1) is 14.0. The van der Waals surface area contributed by atoms with Crippen LogP contribution in [0.1, 0.15) is 31.9 Å². The number of benzene rings is 1. The third-order valence-corrected chi connectivity index (χ3v) is 2.42. The maximum Gasteiger partial charge on any atom is 0.119 e. The molecule has 0 saturated heterocycles. The maximum absolute atomic E-state index is 5.62. The molecule has 3 nitrogen and oxygen atoms in total. The van der Waals surface area contributed by atoms with Gasteiger partial charge in [-0.25, -0.2) is 0 Å². The van der Waals surface area contributed by atoms with E-state index in [9.17, 15) is 0 Å². The normalized spacial score (nSPS) is 11.6. The van der Waals surface area contributed by atoms with E-state index in [0.29, 0.717) is 19.8 Å². The average Bonchev–Trinajstić information content (AvgIpc) is 2.23. The van der Waals surface area contributed by atoms with Gasteiger partial charge in [0.05, 0.1) is 12.2 Å². The molecule has 0 aliphatic heterocycles. The van der Waals surface area contributed by atoms with Gasteiger partial charge in [-0.15, -0.1) is 0 Å². The molecule has 0 fully saturated rings. The van der Waals surface area contributed by atoms with Crippen molar-refractivity contribution >= 4 is 0 Å². The Morgan fingerprint density at radius 1 is 1.18 bits per heavy atom. The largest absolute Gasteiger partial charge is 0.491 e. The average molecular weight is 237 g/mol. The van der Waals surface area contributed by atoms with Gasteiger partial charge >= 0.3 is 0 Å². The lowest BCUT2D eigenvalue weighted by atomic mass is 10.1. The zero-order chi connectivity index (χ0) is 12.9. The summed E-state index contributed by atoms with van der Waals surface area (Å²) in [7, 11) is 0. The van der Waals surface area contributed by atoms with E-state index in [4.69, 9.17) is 15.2 Å². The minimum Gasteiger partial charge on any atom is -0.491 e. The Bertz CT molecular complexity index is 356. The summed E-state index contributed by atoms with van der Waals surface area (Å²) in [6, 6.07) is 5.97. The molecule has 3 heteroatoms. The van der Waals surface area contributed by atoms with Crippen LogP contribution in [0.25, 0.3) is 0 Å². The summed E-state index contributed by atoms with van der Waals surface area (Å²) in [6.07, 6.45) is 0. The molecule has 0 spiro atoms. The molecule has 2 N–H and O–H groups in total. The number of rotatable bonds is 5. The van der Waals surface area contributed by atoms with Crippen LogP contribution in [-0.2, 0) is 11.3 Å². The first-order valence-corrected chi connectivity index (χ1v) is 5.99. The number of hydrogen-bond acceptors (Lipinski definition) is 3. The van der Waals surface area contributed by atoms with Gasteiger partial charge in [-0.2, -0.15) is 0 Å². The zero-order valence-corrected chi connectivity index (χ0v) is 11.2. The fourth-order valence-electron chi connectivity index (χ4n) is 1.49. The van der Waals surface area contributed by atoms with Crippen molar-refractivity contribution in [3.63, 3.8) is 0 Å². The van der Waals surface area contributed by atoms with E-state index >= 15 is 0 Å². The van der Waals surface area contributed by atoms with Gasteiger partial charge in [0.1, 0.15) is 12.4 Å². The van der Waals surface area contributed by atoms with Crippen molar-refractivity contribution in [2.24, 2.45) is 5.73 Å². The van der Waals surface area contributed by atoms with Gasteiger partial charge in [-0.05, 0) is 51.0 Å². The third kappa shape index (κ3) is 5.20. The Morgan fingerprint density at radius 2 is 1.88 bits per heavy atom. The van der Waals surface area contributed by atoms with Crippen LogP contribution < -0.4 is 10.5 Å². The summed E-state index contributed by atoms with van der Waals surface area (Å²) in [6.45, 7) is 9.88. The molecule has 1 aromatic rings. The lowest BCUT2D eigenvalue weighted by Crippen LogP contribution is -2.22. The second-order valence-corrected chi connectivity index (χ2v) is 5.10. The van der Waals surface area contributed by atoms with E-state index < -0.39 is 0 Å². The van der Waals surface area contributed by atoms with Gasteiger partial charge in [-0.3, -0.25) is 0 Å². The number of ether oxygens (including phenoxy) is 2. The molecule has 1 aromatic carbocycles. The molecule has 0 amide bonds. The predicted octanol–water partition coefficient (Wildman–Crippen LogP) is 2.65. The van der Waals surface area contributed by atoms with Gasteiger partial charge in [-0.1, -0.05) is 6.07 Å². The minimum absolute atomic E-state index is 0.108. The quantitative estimate of drug-likeness (QED) is 0.801. The van der Waals surface area contributed by atoms with Crippen LogP contribution >= 0.6 is 0 Å². The zero-order valence-electron chi connectivity index (χ0n) is 11.2. The van der Waals surface area contributed by atoms with E-state index in [1.807, 2.05) is 45.9 Å². The molecule has 17 heavy (non-hydrogen) atoms.